The molecule has 0 spiro atoms. The molecule has 1 aliphatic rings. The van der Waals surface area contributed by atoms with E-state index in [9.17, 15) is 8.78 Å². The van der Waals surface area contributed by atoms with Crippen molar-refractivity contribution < 1.29 is 22.8 Å². The van der Waals surface area contributed by atoms with Crippen molar-refractivity contribution in [2.45, 2.75) is 45.5 Å². The van der Waals surface area contributed by atoms with Crippen molar-refractivity contribution in [3.05, 3.63) is 59.7 Å². The fraction of sp³-hybridized carbons (Fsp3) is 0.368. The lowest BCUT2D eigenvalue weighted by atomic mass is 9.78. The lowest BCUT2D eigenvalue weighted by Crippen LogP contribution is -2.41. The summed E-state index contributed by atoms with van der Waals surface area (Å²) in [5.74, 6) is -1.37. The van der Waals surface area contributed by atoms with Gasteiger partial charge in [-0.2, -0.15) is 0 Å². The minimum Gasteiger partial charge on any atom is -0.489 e. The topological polar surface area (TPSA) is 27.7 Å². The average Bonchev–Trinajstić information content (AvgIpc) is 2.73. The predicted octanol–water partition coefficient (Wildman–Crippen LogP) is 3.84. The highest BCUT2D eigenvalue weighted by atomic mass is 19.1. The fourth-order valence-electron chi connectivity index (χ4n) is 2.57. The molecular formula is C19H21BF2O3. The maximum absolute atomic E-state index is 14.5. The van der Waals surface area contributed by atoms with Crippen LogP contribution in [0.1, 0.15) is 33.3 Å². The number of hydrogen-bond donors (Lipinski definition) is 0. The molecule has 6 heteroatoms. The summed E-state index contributed by atoms with van der Waals surface area (Å²) in [7, 11) is -1.09. The minimum absolute atomic E-state index is 0.124. The van der Waals surface area contributed by atoms with Crippen LogP contribution in [0.15, 0.2) is 42.5 Å². The first kappa shape index (κ1) is 17.9. The van der Waals surface area contributed by atoms with Crippen LogP contribution in [0.5, 0.6) is 5.75 Å². The normalized spacial score (nSPS) is 18.4. The summed E-state index contributed by atoms with van der Waals surface area (Å²) in [6, 6.07) is 11.7. The van der Waals surface area contributed by atoms with Crippen molar-refractivity contribution >= 4 is 12.6 Å². The van der Waals surface area contributed by atoms with Gasteiger partial charge in [-0.05, 0) is 33.3 Å². The van der Waals surface area contributed by atoms with Crippen molar-refractivity contribution in [3.63, 3.8) is 0 Å². The van der Waals surface area contributed by atoms with Crippen LogP contribution in [0.3, 0.4) is 0 Å². The Balaban J connectivity index is 1.79. The largest absolute Gasteiger partial charge is 0.500 e. The molecule has 2 aromatic rings. The van der Waals surface area contributed by atoms with Crippen molar-refractivity contribution in [1.82, 2.24) is 0 Å². The van der Waals surface area contributed by atoms with Crippen molar-refractivity contribution in [3.8, 4) is 5.75 Å². The third-order valence-corrected chi connectivity index (χ3v) is 4.79. The Morgan fingerprint density at radius 1 is 0.920 bits per heavy atom. The molecule has 1 fully saturated rings. The van der Waals surface area contributed by atoms with Gasteiger partial charge >= 0.3 is 7.12 Å². The van der Waals surface area contributed by atoms with E-state index in [1.807, 2.05) is 58.0 Å². The fourth-order valence-corrected chi connectivity index (χ4v) is 2.57. The molecule has 0 amide bonds. The van der Waals surface area contributed by atoms with Crippen molar-refractivity contribution in [1.29, 1.82) is 0 Å². The first-order valence-corrected chi connectivity index (χ1v) is 8.21. The molecule has 0 aromatic heterocycles. The van der Waals surface area contributed by atoms with Gasteiger partial charge in [-0.15, -0.1) is 0 Å². The highest BCUT2D eigenvalue weighted by molar-refractivity contribution is 6.62. The summed E-state index contributed by atoms with van der Waals surface area (Å²) in [4.78, 5) is 0. The Hall–Kier alpha value is -1.92. The quantitative estimate of drug-likeness (QED) is 0.788. The zero-order chi connectivity index (χ0) is 18.2. The molecular weight excluding hydrogens is 325 g/mol. The first-order valence-electron chi connectivity index (χ1n) is 8.21. The van der Waals surface area contributed by atoms with Gasteiger partial charge in [-0.3, -0.25) is 0 Å². The zero-order valence-corrected chi connectivity index (χ0v) is 14.8. The second kappa shape index (κ2) is 6.43. The third kappa shape index (κ3) is 3.55. The van der Waals surface area contributed by atoms with Crippen molar-refractivity contribution in [2.24, 2.45) is 0 Å². The van der Waals surface area contributed by atoms with E-state index >= 15 is 0 Å². The Bertz CT molecular complexity index is 724. The van der Waals surface area contributed by atoms with Crippen molar-refractivity contribution in [2.75, 3.05) is 0 Å². The molecule has 0 N–H and O–H groups in total. The number of ether oxygens (including phenoxy) is 1. The molecule has 0 unspecified atom stereocenters. The Labute approximate surface area is 147 Å². The third-order valence-electron chi connectivity index (χ3n) is 4.79. The molecule has 1 aliphatic heterocycles. The van der Waals surface area contributed by atoms with Crippen LogP contribution in [0.4, 0.5) is 8.78 Å². The summed E-state index contributed by atoms with van der Waals surface area (Å²) in [6.07, 6.45) is 0. The number of hydrogen-bond acceptors (Lipinski definition) is 3. The van der Waals surface area contributed by atoms with Gasteiger partial charge in [0.15, 0.2) is 0 Å². The molecule has 0 atom stereocenters. The van der Waals surface area contributed by atoms with Gasteiger partial charge < -0.3 is 14.0 Å². The molecule has 25 heavy (non-hydrogen) atoms. The van der Waals surface area contributed by atoms with Crippen LogP contribution >= 0.6 is 0 Å². The Morgan fingerprint density at radius 2 is 1.44 bits per heavy atom. The van der Waals surface area contributed by atoms with E-state index in [0.717, 1.165) is 17.7 Å². The van der Waals surface area contributed by atoms with Gasteiger partial charge in [-0.1, -0.05) is 30.3 Å². The van der Waals surface area contributed by atoms with E-state index in [1.54, 1.807) is 0 Å². The van der Waals surface area contributed by atoms with Crippen LogP contribution in [0.2, 0.25) is 0 Å². The van der Waals surface area contributed by atoms with E-state index in [1.165, 1.54) is 0 Å². The molecule has 0 saturated carbocycles. The molecule has 3 rings (SSSR count). The Kier molecular flexibility index (Phi) is 4.60. The van der Waals surface area contributed by atoms with Crippen LogP contribution in [-0.4, -0.2) is 18.3 Å². The number of halogens is 2. The maximum atomic E-state index is 14.5. The lowest BCUT2D eigenvalue weighted by Gasteiger charge is -2.32. The van der Waals surface area contributed by atoms with Crippen LogP contribution in [0, 0.1) is 11.6 Å². The maximum Gasteiger partial charge on any atom is 0.500 e. The van der Waals surface area contributed by atoms with Gasteiger partial charge in [0, 0.05) is 12.1 Å². The standard InChI is InChI=1S/C19H21BF2O3/c1-18(2)19(3,4)25-20(24-18)17-15(21)10-14(11-16(17)22)23-12-13-8-6-5-7-9-13/h5-11H,12H2,1-4H3. The zero-order valence-electron chi connectivity index (χ0n) is 14.8. The number of rotatable bonds is 4. The molecule has 0 bridgehead atoms. The van der Waals surface area contributed by atoms with E-state index < -0.39 is 30.0 Å². The summed E-state index contributed by atoms with van der Waals surface area (Å²) < 4.78 is 46.0. The molecule has 0 aliphatic carbocycles. The molecule has 2 aromatic carbocycles. The highest BCUT2D eigenvalue weighted by Gasteiger charge is 2.53. The molecule has 3 nitrogen and oxygen atoms in total. The second-order valence-electron chi connectivity index (χ2n) is 7.16. The van der Waals surface area contributed by atoms with Gasteiger partial charge in [0.25, 0.3) is 0 Å². The minimum atomic E-state index is -1.09. The highest BCUT2D eigenvalue weighted by Crippen LogP contribution is 2.37. The van der Waals surface area contributed by atoms with Gasteiger partial charge in [0.05, 0.1) is 16.7 Å². The lowest BCUT2D eigenvalue weighted by molar-refractivity contribution is 0.00578. The smallest absolute Gasteiger partial charge is 0.489 e. The van der Waals surface area contributed by atoms with Crippen LogP contribution in [0.25, 0.3) is 0 Å². The molecule has 0 radical (unpaired) electrons. The summed E-state index contributed by atoms with van der Waals surface area (Å²) in [6.45, 7) is 7.57. The summed E-state index contributed by atoms with van der Waals surface area (Å²) in [5.41, 5.74) is -0.651. The van der Waals surface area contributed by atoms with Gasteiger partial charge in [-0.25, -0.2) is 8.78 Å². The second-order valence-corrected chi connectivity index (χ2v) is 7.16. The van der Waals surface area contributed by atoms with E-state index in [2.05, 4.69) is 0 Å². The van der Waals surface area contributed by atoms with Crippen LogP contribution in [-0.2, 0) is 15.9 Å². The monoisotopic (exact) mass is 346 g/mol. The van der Waals surface area contributed by atoms with Gasteiger partial charge in [0.2, 0.25) is 0 Å². The summed E-state index contributed by atoms with van der Waals surface area (Å²) in [5, 5.41) is 0. The predicted molar refractivity (Wildman–Crippen MR) is 92.8 cm³/mol. The molecule has 1 saturated heterocycles. The van der Waals surface area contributed by atoms with E-state index in [4.69, 9.17) is 14.0 Å². The van der Waals surface area contributed by atoms with Gasteiger partial charge in [0.1, 0.15) is 24.0 Å². The molecule has 1 heterocycles. The van der Waals surface area contributed by atoms with E-state index in [0.29, 0.717) is 0 Å². The number of benzene rings is 2. The average molecular weight is 346 g/mol. The summed E-state index contributed by atoms with van der Waals surface area (Å²) >= 11 is 0. The SMILES string of the molecule is CC1(C)OB(c2c(F)cc(OCc3ccccc3)cc2F)OC1(C)C. The first-order chi connectivity index (χ1) is 11.7. The van der Waals surface area contributed by atoms with Crippen LogP contribution < -0.4 is 10.2 Å². The Morgan fingerprint density at radius 3 is 1.96 bits per heavy atom. The van der Waals surface area contributed by atoms with E-state index in [-0.39, 0.29) is 17.8 Å². The molecule has 132 valence electrons.